The molecule has 0 radical (unpaired) electrons. The molecular formula is C12H12N2O3S. The van der Waals surface area contributed by atoms with E-state index in [1.54, 1.807) is 23.9 Å². The number of carbonyl (C=O) groups is 1. The molecule has 6 heteroatoms. The van der Waals surface area contributed by atoms with Gasteiger partial charge in [-0.25, -0.2) is 4.79 Å². The third-order valence-corrected chi connectivity index (χ3v) is 3.15. The minimum Gasteiger partial charge on any atom is -0.478 e. The topological polar surface area (TPSA) is 76.2 Å². The molecule has 1 aromatic carbocycles. The Morgan fingerprint density at radius 3 is 2.72 bits per heavy atom. The van der Waals surface area contributed by atoms with Gasteiger partial charge in [0.2, 0.25) is 0 Å². The first-order valence-corrected chi connectivity index (χ1v) is 6.60. The Morgan fingerprint density at radius 1 is 1.39 bits per heavy atom. The fourth-order valence-corrected chi connectivity index (χ4v) is 1.88. The Hall–Kier alpha value is -1.82. The number of aromatic nitrogens is 2. The van der Waals surface area contributed by atoms with Crippen molar-refractivity contribution in [2.75, 3.05) is 5.75 Å². The first-order chi connectivity index (χ1) is 8.70. The molecule has 1 N–H and O–H groups in total. The number of benzene rings is 1. The largest absolute Gasteiger partial charge is 0.478 e. The van der Waals surface area contributed by atoms with Crippen LogP contribution in [0.25, 0.3) is 11.5 Å². The van der Waals surface area contributed by atoms with Crippen molar-refractivity contribution in [2.24, 2.45) is 0 Å². The molecule has 0 atom stereocenters. The van der Waals surface area contributed by atoms with Crippen LogP contribution in [0.5, 0.6) is 0 Å². The number of carboxylic acid groups (broad SMARTS) is 1. The third-order valence-electron chi connectivity index (χ3n) is 2.28. The lowest BCUT2D eigenvalue weighted by molar-refractivity contribution is 0.0697. The van der Waals surface area contributed by atoms with Crippen molar-refractivity contribution >= 4 is 17.7 Å². The van der Waals surface area contributed by atoms with Crippen LogP contribution in [0.15, 0.2) is 28.8 Å². The summed E-state index contributed by atoms with van der Waals surface area (Å²) in [4.78, 5) is 15.0. The quantitative estimate of drug-likeness (QED) is 0.894. The zero-order chi connectivity index (χ0) is 13.0. The summed E-state index contributed by atoms with van der Waals surface area (Å²) in [5.74, 6) is 1.83. The van der Waals surface area contributed by atoms with Gasteiger partial charge in [0.1, 0.15) is 0 Å². The molecule has 2 rings (SSSR count). The van der Waals surface area contributed by atoms with Crippen LogP contribution < -0.4 is 0 Å². The number of thioether (sulfide) groups is 1. The molecule has 94 valence electrons. The minimum absolute atomic E-state index is 0.236. The van der Waals surface area contributed by atoms with Gasteiger partial charge in [0.25, 0.3) is 5.89 Å². The Balaban J connectivity index is 2.15. The van der Waals surface area contributed by atoms with Crippen LogP contribution in [0.4, 0.5) is 0 Å². The first-order valence-electron chi connectivity index (χ1n) is 5.44. The second kappa shape index (κ2) is 5.68. The highest BCUT2D eigenvalue weighted by atomic mass is 32.2. The van der Waals surface area contributed by atoms with Crippen LogP contribution in [-0.4, -0.2) is 27.0 Å². The number of nitrogens with zero attached hydrogens (tertiary/aromatic N) is 2. The zero-order valence-corrected chi connectivity index (χ0v) is 10.6. The molecule has 0 saturated carbocycles. The van der Waals surface area contributed by atoms with Gasteiger partial charge in [-0.1, -0.05) is 12.1 Å². The predicted octanol–water partition coefficient (Wildman–Crippen LogP) is 2.69. The molecular weight excluding hydrogens is 252 g/mol. The van der Waals surface area contributed by atoms with Gasteiger partial charge in [-0.3, -0.25) is 0 Å². The molecule has 0 aliphatic heterocycles. The summed E-state index contributed by atoms with van der Waals surface area (Å²) >= 11 is 1.71. The number of hydrogen-bond donors (Lipinski definition) is 1. The summed E-state index contributed by atoms with van der Waals surface area (Å²) in [5, 5.41) is 12.7. The van der Waals surface area contributed by atoms with E-state index in [4.69, 9.17) is 9.63 Å². The normalized spacial score (nSPS) is 10.5. The molecule has 1 aromatic heterocycles. The van der Waals surface area contributed by atoms with Crippen LogP contribution in [0, 0.1) is 0 Å². The van der Waals surface area contributed by atoms with E-state index >= 15 is 0 Å². The summed E-state index contributed by atoms with van der Waals surface area (Å²) < 4.78 is 5.13. The third kappa shape index (κ3) is 2.89. The Bertz CT molecular complexity index is 537. The molecule has 0 saturated heterocycles. The van der Waals surface area contributed by atoms with E-state index < -0.39 is 5.97 Å². The van der Waals surface area contributed by atoms with E-state index in [9.17, 15) is 4.79 Å². The highest BCUT2D eigenvalue weighted by Crippen LogP contribution is 2.19. The summed E-state index contributed by atoms with van der Waals surface area (Å²) in [7, 11) is 0. The van der Waals surface area contributed by atoms with E-state index in [1.807, 2.05) is 0 Å². The first kappa shape index (κ1) is 12.6. The van der Waals surface area contributed by atoms with E-state index in [2.05, 4.69) is 17.1 Å². The van der Waals surface area contributed by atoms with E-state index in [0.29, 0.717) is 17.5 Å². The second-order valence-electron chi connectivity index (χ2n) is 3.54. The van der Waals surface area contributed by atoms with Gasteiger partial charge in [-0.15, -0.1) is 0 Å². The maximum Gasteiger partial charge on any atom is 0.335 e. The van der Waals surface area contributed by atoms with Crippen LogP contribution in [0.2, 0.25) is 0 Å². The molecule has 2 aromatic rings. The molecule has 5 nitrogen and oxygen atoms in total. The molecule has 0 amide bonds. The maximum atomic E-state index is 10.7. The van der Waals surface area contributed by atoms with Gasteiger partial charge in [0.15, 0.2) is 5.82 Å². The Morgan fingerprint density at radius 2 is 2.11 bits per heavy atom. The molecule has 0 spiro atoms. The number of hydrogen-bond acceptors (Lipinski definition) is 5. The molecule has 0 aliphatic carbocycles. The summed E-state index contributed by atoms with van der Waals surface area (Å²) in [6.07, 6.45) is 0. The highest BCUT2D eigenvalue weighted by molar-refractivity contribution is 7.98. The van der Waals surface area contributed by atoms with Crippen molar-refractivity contribution in [3.63, 3.8) is 0 Å². The van der Waals surface area contributed by atoms with Crippen molar-refractivity contribution in [3.05, 3.63) is 35.7 Å². The van der Waals surface area contributed by atoms with Crippen LogP contribution in [0.1, 0.15) is 23.1 Å². The number of carboxylic acids is 1. The molecule has 1 heterocycles. The lowest BCUT2D eigenvalue weighted by Crippen LogP contribution is -1.95. The van der Waals surface area contributed by atoms with Crippen LogP contribution in [-0.2, 0) is 5.75 Å². The molecule has 0 unspecified atom stereocenters. The van der Waals surface area contributed by atoms with Crippen molar-refractivity contribution in [2.45, 2.75) is 12.7 Å². The van der Waals surface area contributed by atoms with Gasteiger partial charge < -0.3 is 9.63 Å². The van der Waals surface area contributed by atoms with Crippen LogP contribution in [0.3, 0.4) is 0 Å². The predicted molar refractivity (Wildman–Crippen MR) is 68.5 cm³/mol. The lowest BCUT2D eigenvalue weighted by atomic mass is 10.1. The Labute approximate surface area is 108 Å². The minimum atomic E-state index is -0.952. The average molecular weight is 264 g/mol. The smallest absolute Gasteiger partial charge is 0.335 e. The number of aromatic carboxylic acids is 1. The molecule has 0 aliphatic rings. The van der Waals surface area contributed by atoms with Gasteiger partial charge in [-0.05, 0) is 30.0 Å². The zero-order valence-electron chi connectivity index (χ0n) is 9.79. The summed E-state index contributed by atoms with van der Waals surface area (Å²) in [6, 6.07) is 6.35. The number of rotatable bonds is 5. The van der Waals surface area contributed by atoms with Crippen molar-refractivity contribution in [1.82, 2.24) is 10.1 Å². The molecule has 0 bridgehead atoms. The van der Waals surface area contributed by atoms with Crippen molar-refractivity contribution < 1.29 is 14.4 Å². The van der Waals surface area contributed by atoms with Gasteiger partial charge in [-0.2, -0.15) is 16.7 Å². The van der Waals surface area contributed by atoms with Crippen molar-refractivity contribution in [3.8, 4) is 11.5 Å². The van der Waals surface area contributed by atoms with Crippen molar-refractivity contribution in [1.29, 1.82) is 0 Å². The van der Waals surface area contributed by atoms with Crippen LogP contribution >= 0.6 is 11.8 Å². The van der Waals surface area contributed by atoms with Gasteiger partial charge in [0, 0.05) is 5.56 Å². The molecule has 0 fully saturated rings. The SMILES string of the molecule is CCSCc1noc(-c2ccc(C(=O)O)cc2)n1. The standard InChI is InChI=1S/C12H12N2O3S/c1-2-18-7-10-13-11(17-14-10)8-3-5-9(6-4-8)12(15)16/h3-6H,2,7H2,1H3,(H,15,16). The maximum absolute atomic E-state index is 10.7. The van der Waals surface area contributed by atoms with Gasteiger partial charge >= 0.3 is 5.97 Å². The molecule has 18 heavy (non-hydrogen) atoms. The monoisotopic (exact) mass is 264 g/mol. The lowest BCUT2D eigenvalue weighted by Gasteiger charge is -1.95. The van der Waals surface area contributed by atoms with E-state index in [-0.39, 0.29) is 5.56 Å². The fourth-order valence-electron chi connectivity index (χ4n) is 1.38. The fraction of sp³-hybridized carbons (Fsp3) is 0.250. The summed E-state index contributed by atoms with van der Waals surface area (Å²) in [6.45, 7) is 2.07. The summed E-state index contributed by atoms with van der Waals surface area (Å²) in [5.41, 5.74) is 0.959. The van der Waals surface area contributed by atoms with E-state index in [1.165, 1.54) is 12.1 Å². The second-order valence-corrected chi connectivity index (χ2v) is 4.81. The van der Waals surface area contributed by atoms with Gasteiger partial charge in [0.05, 0.1) is 11.3 Å². The average Bonchev–Trinajstić information content (AvgIpc) is 2.85. The highest BCUT2D eigenvalue weighted by Gasteiger charge is 2.09. The van der Waals surface area contributed by atoms with E-state index in [0.717, 1.165) is 11.3 Å². The Kier molecular flexibility index (Phi) is 3.99.